The van der Waals surface area contributed by atoms with Crippen molar-refractivity contribution in [2.45, 2.75) is 13.0 Å². The maximum Gasteiger partial charge on any atom is 0.179 e. The summed E-state index contributed by atoms with van der Waals surface area (Å²) in [7, 11) is 1.67. The summed E-state index contributed by atoms with van der Waals surface area (Å²) in [4.78, 5) is 1.77. The van der Waals surface area contributed by atoms with Crippen molar-refractivity contribution >= 4 is 0 Å². The molecule has 0 fully saturated rings. The first kappa shape index (κ1) is 8.89. The van der Waals surface area contributed by atoms with E-state index in [1.54, 1.807) is 12.0 Å². The van der Waals surface area contributed by atoms with Crippen molar-refractivity contribution in [2.24, 2.45) is 0 Å². The van der Waals surface area contributed by atoms with Crippen molar-refractivity contribution in [1.29, 1.82) is 5.26 Å². The Bertz CT molecular complexity index is 381. The van der Waals surface area contributed by atoms with Crippen molar-refractivity contribution in [3.8, 4) is 11.9 Å². The molecule has 3 nitrogen and oxygen atoms in total. The predicted octanol–water partition coefficient (Wildman–Crippen LogP) is 1.53. The van der Waals surface area contributed by atoms with Gasteiger partial charge in [-0.25, -0.2) is 0 Å². The topological polar surface area (TPSA) is 36.3 Å². The summed E-state index contributed by atoms with van der Waals surface area (Å²) in [5.41, 5.74) is 2.54. The molecule has 1 aliphatic rings. The molecule has 1 aromatic rings. The molecule has 0 spiro atoms. The fourth-order valence-electron chi connectivity index (χ4n) is 1.74. The molecule has 0 amide bonds. The van der Waals surface area contributed by atoms with Crippen LogP contribution >= 0.6 is 0 Å². The number of methoxy groups -OCH3 is 1. The smallest absolute Gasteiger partial charge is 0.179 e. The van der Waals surface area contributed by atoms with Crippen molar-refractivity contribution in [1.82, 2.24) is 4.90 Å². The van der Waals surface area contributed by atoms with Crippen LogP contribution in [0, 0.1) is 11.5 Å². The molecule has 0 bridgehead atoms. The number of hydrogen-bond donors (Lipinski definition) is 0. The first-order valence-corrected chi connectivity index (χ1v) is 4.64. The van der Waals surface area contributed by atoms with Crippen LogP contribution in [0.25, 0.3) is 0 Å². The Labute approximate surface area is 83.5 Å². The lowest BCUT2D eigenvalue weighted by atomic mass is 10.00. The lowest BCUT2D eigenvalue weighted by Crippen LogP contribution is -2.25. The fourth-order valence-corrected chi connectivity index (χ4v) is 1.74. The van der Waals surface area contributed by atoms with Crippen LogP contribution in [0.15, 0.2) is 18.2 Å². The second kappa shape index (κ2) is 3.59. The van der Waals surface area contributed by atoms with Gasteiger partial charge in [0.25, 0.3) is 0 Å². The Morgan fingerprint density at radius 3 is 3.00 bits per heavy atom. The molecular weight excluding hydrogens is 176 g/mol. The van der Waals surface area contributed by atoms with Gasteiger partial charge in [0.1, 0.15) is 5.75 Å². The average Bonchev–Trinajstić information content (AvgIpc) is 2.27. The molecule has 1 aromatic carbocycles. The van der Waals surface area contributed by atoms with Crippen molar-refractivity contribution in [3.63, 3.8) is 0 Å². The third-order valence-corrected chi connectivity index (χ3v) is 2.57. The van der Waals surface area contributed by atoms with Crippen LogP contribution in [-0.4, -0.2) is 18.6 Å². The van der Waals surface area contributed by atoms with E-state index in [-0.39, 0.29) is 0 Å². The van der Waals surface area contributed by atoms with Gasteiger partial charge in [0.05, 0.1) is 13.7 Å². The molecule has 14 heavy (non-hydrogen) atoms. The third-order valence-electron chi connectivity index (χ3n) is 2.57. The predicted molar refractivity (Wildman–Crippen MR) is 52.7 cm³/mol. The Kier molecular flexibility index (Phi) is 2.28. The molecule has 1 heterocycles. The average molecular weight is 188 g/mol. The number of nitriles is 1. The van der Waals surface area contributed by atoms with Gasteiger partial charge in [0.15, 0.2) is 6.19 Å². The van der Waals surface area contributed by atoms with Gasteiger partial charge in [0.2, 0.25) is 0 Å². The molecule has 0 aromatic heterocycles. The van der Waals surface area contributed by atoms with E-state index in [0.717, 1.165) is 25.3 Å². The SMILES string of the molecule is COc1ccc2c(c1)CCN(C#N)C2. The van der Waals surface area contributed by atoms with E-state index in [1.807, 2.05) is 12.1 Å². The molecule has 0 aliphatic carbocycles. The minimum Gasteiger partial charge on any atom is -0.497 e. The molecule has 1 aliphatic heterocycles. The normalized spacial score (nSPS) is 14.4. The molecule has 0 atom stereocenters. The molecule has 3 heteroatoms. The van der Waals surface area contributed by atoms with E-state index in [9.17, 15) is 0 Å². The Hall–Kier alpha value is -1.69. The summed E-state index contributed by atoms with van der Waals surface area (Å²) in [5.74, 6) is 0.897. The maximum atomic E-state index is 8.77. The van der Waals surface area contributed by atoms with Gasteiger partial charge >= 0.3 is 0 Å². The number of fused-ring (bicyclic) bond motifs is 1. The van der Waals surface area contributed by atoms with Crippen LogP contribution in [0.2, 0.25) is 0 Å². The van der Waals surface area contributed by atoms with E-state index >= 15 is 0 Å². The minimum absolute atomic E-state index is 0.732. The van der Waals surface area contributed by atoms with Gasteiger partial charge in [-0.3, -0.25) is 0 Å². The van der Waals surface area contributed by atoms with Crippen molar-refractivity contribution < 1.29 is 4.74 Å². The third kappa shape index (κ3) is 1.51. The van der Waals surface area contributed by atoms with Crippen LogP contribution < -0.4 is 4.74 Å². The number of hydrogen-bond acceptors (Lipinski definition) is 3. The summed E-state index contributed by atoms with van der Waals surface area (Å²) in [6, 6.07) is 6.04. The Morgan fingerprint density at radius 1 is 1.43 bits per heavy atom. The summed E-state index contributed by atoms with van der Waals surface area (Å²) in [5, 5.41) is 8.77. The van der Waals surface area contributed by atoms with Crippen LogP contribution in [0.4, 0.5) is 0 Å². The molecule has 0 saturated carbocycles. The van der Waals surface area contributed by atoms with Gasteiger partial charge in [0, 0.05) is 6.54 Å². The summed E-state index contributed by atoms with van der Waals surface area (Å²) < 4.78 is 5.15. The van der Waals surface area contributed by atoms with Crippen molar-refractivity contribution in [2.75, 3.05) is 13.7 Å². The van der Waals surface area contributed by atoms with Crippen LogP contribution in [0.3, 0.4) is 0 Å². The van der Waals surface area contributed by atoms with Gasteiger partial charge < -0.3 is 9.64 Å². The highest BCUT2D eigenvalue weighted by atomic mass is 16.5. The van der Waals surface area contributed by atoms with E-state index < -0.39 is 0 Å². The highest BCUT2D eigenvalue weighted by molar-refractivity contribution is 5.37. The summed E-state index contributed by atoms with van der Waals surface area (Å²) >= 11 is 0. The number of ether oxygens (including phenoxy) is 1. The van der Waals surface area contributed by atoms with Crippen LogP contribution in [0.1, 0.15) is 11.1 Å². The van der Waals surface area contributed by atoms with E-state index in [4.69, 9.17) is 10.00 Å². The zero-order valence-electron chi connectivity index (χ0n) is 8.16. The maximum absolute atomic E-state index is 8.77. The van der Waals surface area contributed by atoms with Gasteiger partial charge in [-0.1, -0.05) is 6.07 Å². The van der Waals surface area contributed by atoms with E-state index in [1.165, 1.54) is 11.1 Å². The van der Waals surface area contributed by atoms with Gasteiger partial charge in [-0.15, -0.1) is 0 Å². The summed E-state index contributed by atoms with van der Waals surface area (Å²) in [6.07, 6.45) is 3.11. The first-order valence-electron chi connectivity index (χ1n) is 4.64. The lowest BCUT2D eigenvalue weighted by Gasteiger charge is -2.24. The van der Waals surface area contributed by atoms with Crippen LogP contribution in [-0.2, 0) is 13.0 Å². The number of rotatable bonds is 1. The van der Waals surface area contributed by atoms with E-state index in [2.05, 4.69) is 12.3 Å². The second-order valence-corrected chi connectivity index (χ2v) is 3.41. The highest BCUT2D eigenvalue weighted by Crippen LogP contribution is 2.22. The minimum atomic E-state index is 0.732. The second-order valence-electron chi connectivity index (χ2n) is 3.41. The van der Waals surface area contributed by atoms with E-state index in [0.29, 0.717) is 0 Å². The molecule has 0 N–H and O–H groups in total. The lowest BCUT2D eigenvalue weighted by molar-refractivity contribution is 0.365. The molecule has 0 radical (unpaired) electrons. The largest absolute Gasteiger partial charge is 0.497 e. The van der Waals surface area contributed by atoms with Crippen molar-refractivity contribution in [3.05, 3.63) is 29.3 Å². The van der Waals surface area contributed by atoms with Crippen LogP contribution in [0.5, 0.6) is 5.75 Å². The standard InChI is InChI=1S/C11H12N2O/c1-14-11-3-2-10-7-13(8-12)5-4-9(10)6-11/h2-3,6H,4-5,7H2,1H3. The van der Waals surface area contributed by atoms with Gasteiger partial charge in [-0.05, 0) is 29.7 Å². The first-order chi connectivity index (χ1) is 6.83. The monoisotopic (exact) mass is 188 g/mol. The molecule has 2 rings (SSSR count). The molecular formula is C11H12N2O. The van der Waals surface area contributed by atoms with Gasteiger partial charge in [-0.2, -0.15) is 5.26 Å². The quantitative estimate of drug-likeness (QED) is 0.627. The fraction of sp³-hybridized carbons (Fsp3) is 0.364. The highest BCUT2D eigenvalue weighted by Gasteiger charge is 2.14. The Balaban J connectivity index is 2.29. The summed E-state index contributed by atoms with van der Waals surface area (Å²) in [6.45, 7) is 1.55. The zero-order valence-corrected chi connectivity index (χ0v) is 8.16. The Morgan fingerprint density at radius 2 is 2.29 bits per heavy atom. The molecule has 72 valence electrons. The number of nitrogens with zero attached hydrogens (tertiary/aromatic N) is 2. The molecule has 0 saturated heterocycles. The molecule has 0 unspecified atom stereocenters. The number of benzene rings is 1. The zero-order chi connectivity index (χ0) is 9.97.